The molecular formula is C45H25N3O2S. The first-order valence-corrected chi connectivity index (χ1v) is 17.7. The zero-order valence-corrected chi connectivity index (χ0v) is 27.8. The zero-order chi connectivity index (χ0) is 33.5. The highest BCUT2D eigenvalue weighted by Gasteiger charge is 2.20. The molecule has 0 bridgehead atoms. The van der Waals surface area contributed by atoms with Crippen LogP contribution in [0.25, 0.3) is 109 Å². The number of benzene rings is 7. The number of para-hydroxylation sites is 3. The zero-order valence-electron chi connectivity index (χ0n) is 27.0. The Kier molecular flexibility index (Phi) is 6.05. The summed E-state index contributed by atoms with van der Waals surface area (Å²) in [5.41, 5.74) is 8.05. The molecule has 0 spiro atoms. The first-order valence-electron chi connectivity index (χ1n) is 16.8. The Hall–Kier alpha value is -6.63. The van der Waals surface area contributed by atoms with E-state index < -0.39 is 0 Å². The number of hydrogen-bond donors (Lipinski definition) is 0. The van der Waals surface area contributed by atoms with Gasteiger partial charge in [0, 0.05) is 58.4 Å². The second-order valence-corrected chi connectivity index (χ2v) is 13.8. The molecule has 0 aliphatic rings. The van der Waals surface area contributed by atoms with Crippen molar-refractivity contribution in [2.75, 3.05) is 0 Å². The molecule has 7 aromatic carbocycles. The molecule has 4 heterocycles. The average Bonchev–Trinajstić information content (AvgIpc) is 3.89. The maximum Gasteiger partial charge on any atom is 0.167 e. The molecule has 51 heavy (non-hydrogen) atoms. The lowest BCUT2D eigenvalue weighted by Gasteiger charge is -2.09. The summed E-state index contributed by atoms with van der Waals surface area (Å²) in [7, 11) is 0. The van der Waals surface area contributed by atoms with Crippen LogP contribution in [0.15, 0.2) is 160 Å². The summed E-state index contributed by atoms with van der Waals surface area (Å²) in [6.45, 7) is 0. The molecule has 11 aromatic rings. The van der Waals surface area contributed by atoms with Gasteiger partial charge >= 0.3 is 0 Å². The molecule has 0 atom stereocenters. The van der Waals surface area contributed by atoms with Gasteiger partial charge in [0.05, 0.1) is 5.56 Å². The molecule has 0 N–H and O–H groups in total. The Balaban J connectivity index is 1.11. The summed E-state index contributed by atoms with van der Waals surface area (Å²) < 4.78 is 15.5. The fourth-order valence-electron chi connectivity index (χ4n) is 7.32. The molecule has 0 saturated heterocycles. The van der Waals surface area contributed by atoms with E-state index in [-0.39, 0.29) is 0 Å². The van der Waals surface area contributed by atoms with Crippen molar-refractivity contribution in [2.24, 2.45) is 0 Å². The van der Waals surface area contributed by atoms with E-state index in [2.05, 4.69) is 91.0 Å². The van der Waals surface area contributed by atoms with Gasteiger partial charge in [0.15, 0.2) is 17.5 Å². The van der Waals surface area contributed by atoms with Crippen LogP contribution in [0.1, 0.15) is 0 Å². The summed E-state index contributed by atoms with van der Waals surface area (Å²) in [6.07, 6.45) is 0. The average molecular weight is 672 g/mol. The minimum atomic E-state index is 0.562. The van der Waals surface area contributed by atoms with Crippen LogP contribution in [-0.2, 0) is 0 Å². The van der Waals surface area contributed by atoms with E-state index in [1.165, 1.54) is 20.2 Å². The Bertz CT molecular complexity index is 3160. The van der Waals surface area contributed by atoms with Crippen molar-refractivity contribution in [3.05, 3.63) is 152 Å². The molecule has 0 radical (unpaired) electrons. The van der Waals surface area contributed by atoms with Crippen molar-refractivity contribution in [1.29, 1.82) is 0 Å². The van der Waals surface area contributed by atoms with E-state index >= 15 is 0 Å². The maximum atomic E-state index is 6.87. The monoisotopic (exact) mass is 671 g/mol. The van der Waals surface area contributed by atoms with Crippen LogP contribution in [0.3, 0.4) is 0 Å². The summed E-state index contributed by atoms with van der Waals surface area (Å²) in [4.78, 5) is 15.2. The number of hydrogen-bond acceptors (Lipinski definition) is 6. The first kappa shape index (κ1) is 28.2. The molecule has 0 amide bonds. The fourth-order valence-corrected chi connectivity index (χ4v) is 8.41. The van der Waals surface area contributed by atoms with Crippen LogP contribution in [0, 0.1) is 0 Å². The number of rotatable bonds is 4. The van der Waals surface area contributed by atoms with Crippen molar-refractivity contribution >= 4 is 75.4 Å². The highest BCUT2D eigenvalue weighted by molar-refractivity contribution is 7.25. The van der Waals surface area contributed by atoms with E-state index in [9.17, 15) is 0 Å². The van der Waals surface area contributed by atoms with Gasteiger partial charge in [-0.25, -0.2) is 15.0 Å². The Morgan fingerprint density at radius 1 is 0.353 bits per heavy atom. The molecule has 6 heteroatoms. The third kappa shape index (κ3) is 4.43. The minimum absolute atomic E-state index is 0.562. The minimum Gasteiger partial charge on any atom is -0.456 e. The lowest BCUT2D eigenvalue weighted by Crippen LogP contribution is -2.00. The fraction of sp³-hybridized carbons (Fsp3) is 0. The van der Waals surface area contributed by atoms with Gasteiger partial charge in [-0.2, -0.15) is 0 Å². The van der Waals surface area contributed by atoms with Gasteiger partial charge in [-0.15, -0.1) is 11.3 Å². The van der Waals surface area contributed by atoms with Crippen molar-refractivity contribution in [2.45, 2.75) is 0 Å². The Labute approximate surface area is 295 Å². The van der Waals surface area contributed by atoms with E-state index in [1.54, 1.807) is 11.3 Å². The Morgan fingerprint density at radius 3 is 1.82 bits per heavy atom. The lowest BCUT2D eigenvalue weighted by atomic mass is 10.00. The van der Waals surface area contributed by atoms with Crippen molar-refractivity contribution in [3.63, 3.8) is 0 Å². The molecule has 0 unspecified atom stereocenters. The summed E-state index contributed by atoms with van der Waals surface area (Å²) in [5, 5.41) is 6.66. The predicted octanol–water partition coefficient (Wildman–Crippen LogP) is 12.7. The summed E-state index contributed by atoms with van der Waals surface area (Å²) in [6, 6.07) is 52.1. The molecular weight excluding hydrogens is 647 g/mol. The number of furan rings is 2. The number of thiophene rings is 1. The van der Waals surface area contributed by atoms with Crippen LogP contribution in [0.4, 0.5) is 0 Å². The Morgan fingerprint density at radius 2 is 0.961 bits per heavy atom. The molecule has 4 aromatic heterocycles. The van der Waals surface area contributed by atoms with Crippen LogP contribution >= 0.6 is 11.3 Å². The van der Waals surface area contributed by atoms with Gasteiger partial charge in [-0.1, -0.05) is 103 Å². The van der Waals surface area contributed by atoms with Gasteiger partial charge in [-0.3, -0.25) is 0 Å². The topological polar surface area (TPSA) is 65.0 Å². The molecule has 0 aliphatic carbocycles. The van der Waals surface area contributed by atoms with Crippen LogP contribution < -0.4 is 0 Å². The number of aromatic nitrogens is 3. The van der Waals surface area contributed by atoms with Crippen molar-refractivity contribution < 1.29 is 8.83 Å². The smallest absolute Gasteiger partial charge is 0.167 e. The van der Waals surface area contributed by atoms with E-state index in [0.29, 0.717) is 17.5 Å². The molecule has 0 fully saturated rings. The number of fused-ring (bicyclic) bond motifs is 9. The van der Waals surface area contributed by atoms with E-state index in [1.807, 2.05) is 60.7 Å². The highest BCUT2D eigenvalue weighted by Crippen LogP contribution is 2.42. The lowest BCUT2D eigenvalue weighted by molar-refractivity contribution is 0.668. The summed E-state index contributed by atoms with van der Waals surface area (Å²) in [5.74, 6) is 1.79. The van der Waals surface area contributed by atoms with Crippen molar-refractivity contribution in [3.8, 4) is 45.3 Å². The van der Waals surface area contributed by atoms with Crippen LogP contribution in [0.2, 0.25) is 0 Å². The quantitative estimate of drug-likeness (QED) is 0.186. The maximum absolute atomic E-state index is 6.87. The van der Waals surface area contributed by atoms with E-state index in [0.717, 1.165) is 71.7 Å². The van der Waals surface area contributed by atoms with Gasteiger partial charge in [0.2, 0.25) is 0 Å². The third-order valence-electron chi connectivity index (χ3n) is 9.76. The largest absolute Gasteiger partial charge is 0.456 e. The molecule has 5 nitrogen and oxygen atoms in total. The van der Waals surface area contributed by atoms with Crippen LogP contribution in [0.5, 0.6) is 0 Å². The standard InChI is InChI=1S/C45H25N3O2S/c1-2-10-26(11-3-1)43-46-44(28-21-23-40-36(25-28)31-13-5-7-19-39(31)51-40)48-45(47-43)34-17-9-16-33-32-15-8-14-29(41(32)50-42(33)34)27-20-22-38-35(24-27)30-12-4-6-18-37(30)49-38/h1-25H. The van der Waals surface area contributed by atoms with E-state index in [4.69, 9.17) is 23.8 Å². The predicted molar refractivity (Wildman–Crippen MR) is 209 cm³/mol. The van der Waals surface area contributed by atoms with Gasteiger partial charge in [0.1, 0.15) is 22.3 Å². The molecule has 11 rings (SSSR count). The first-order chi connectivity index (χ1) is 25.2. The second kappa shape index (κ2) is 10.9. The van der Waals surface area contributed by atoms with Gasteiger partial charge in [-0.05, 0) is 54.1 Å². The van der Waals surface area contributed by atoms with Gasteiger partial charge in [0.25, 0.3) is 0 Å². The van der Waals surface area contributed by atoms with Crippen LogP contribution in [-0.4, -0.2) is 15.0 Å². The normalized spacial score (nSPS) is 11.9. The second-order valence-electron chi connectivity index (χ2n) is 12.8. The SMILES string of the molecule is c1ccc(-c2nc(-c3ccc4sc5ccccc5c4c3)nc(-c3cccc4c3oc3c(-c5ccc6oc7ccccc7c6c5)cccc34)n2)cc1. The molecule has 238 valence electrons. The highest BCUT2D eigenvalue weighted by atomic mass is 32.1. The number of nitrogens with zero attached hydrogens (tertiary/aromatic N) is 3. The van der Waals surface area contributed by atoms with Crippen molar-refractivity contribution in [1.82, 2.24) is 15.0 Å². The van der Waals surface area contributed by atoms with Gasteiger partial charge < -0.3 is 8.83 Å². The molecule has 0 saturated carbocycles. The summed E-state index contributed by atoms with van der Waals surface area (Å²) >= 11 is 1.80. The molecule has 0 aliphatic heterocycles. The third-order valence-corrected chi connectivity index (χ3v) is 10.9.